The lowest BCUT2D eigenvalue weighted by atomic mass is 10.1. The topological polar surface area (TPSA) is 99.2 Å². The van der Waals surface area contributed by atoms with Crippen molar-refractivity contribution in [2.45, 2.75) is 0 Å². The van der Waals surface area contributed by atoms with E-state index in [2.05, 4.69) is 0 Å². The van der Waals surface area contributed by atoms with Gasteiger partial charge in [0.2, 0.25) is 6.79 Å². The molecule has 0 aliphatic carbocycles. The van der Waals surface area contributed by atoms with E-state index in [0.29, 0.717) is 17.1 Å². The number of rotatable bonds is 5. The first-order chi connectivity index (χ1) is 13.0. The summed E-state index contributed by atoms with van der Waals surface area (Å²) in [6.45, 7) is -0.981. The zero-order valence-electron chi connectivity index (χ0n) is 14.0. The van der Waals surface area contributed by atoms with E-state index in [4.69, 9.17) is 14.2 Å². The second kappa shape index (κ2) is 6.56. The second-order valence-corrected chi connectivity index (χ2v) is 5.89. The van der Waals surface area contributed by atoms with Crippen LogP contribution in [0.5, 0.6) is 11.5 Å². The largest absolute Gasteiger partial charge is 0.456 e. The second-order valence-electron chi connectivity index (χ2n) is 5.89. The van der Waals surface area contributed by atoms with E-state index in [1.807, 2.05) is 0 Å². The first-order valence-corrected chi connectivity index (χ1v) is 8.08. The maximum atomic E-state index is 12.2. The van der Waals surface area contributed by atoms with Gasteiger partial charge in [-0.05, 0) is 30.3 Å². The zero-order valence-corrected chi connectivity index (χ0v) is 14.0. The molecular formula is C19H13NO7. The quantitative estimate of drug-likeness (QED) is 0.448. The van der Waals surface area contributed by atoms with Crippen molar-refractivity contribution in [1.29, 1.82) is 0 Å². The molecule has 0 unspecified atom stereocenters. The van der Waals surface area contributed by atoms with E-state index in [9.17, 15) is 19.2 Å². The number of esters is 1. The third kappa shape index (κ3) is 3.01. The van der Waals surface area contributed by atoms with Gasteiger partial charge in [-0.3, -0.25) is 24.1 Å². The SMILES string of the molecule is O=C(CN1C(=O)c2ccccc2C1=O)OCC(=O)c1ccc2c(c1)OCO2. The highest BCUT2D eigenvalue weighted by Crippen LogP contribution is 2.32. The molecule has 2 aliphatic heterocycles. The van der Waals surface area contributed by atoms with Crippen LogP contribution in [0, 0.1) is 0 Å². The van der Waals surface area contributed by atoms with E-state index in [1.54, 1.807) is 18.2 Å². The van der Waals surface area contributed by atoms with Crippen LogP contribution >= 0.6 is 0 Å². The van der Waals surface area contributed by atoms with Crippen LogP contribution in [0.2, 0.25) is 0 Å². The predicted molar refractivity (Wildman–Crippen MR) is 89.7 cm³/mol. The maximum Gasteiger partial charge on any atom is 0.326 e. The molecule has 2 aromatic carbocycles. The third-order valence-corrected chi connectivity index (χ3v) is 4.22. The number of benzene rings is 2. The van der Waals surface area contributed by atoms with Crippen LogP contribution in [-0.2, 0) is 9.53 Å². The van der Waals surface area contributed by atoms with Crippen molar-refractivity contribution >= 4 is 23.6 Å². The number of ketones is 1. The van der Waals surface area contributed by atoms with Crippen LogP contribution in [0.4, 0.5) is 0 Å². The Morgan fingerprint density at radius 1 is 0.963 bits per heavy atom. The molecule has 0 saturated carbocycles. The fraction of sp³-hybridized carbons (Fsp3) is 0.158. The van der Waals surface area contributed by atoms with E-state index >= 15 is 0 Å². The van der Waals surface area contributed by atoms with Crippen LogP contribution < -0.4 is 9.47 Å². The van der Waals surface area contributed by atoms with Crippen LogP contribution in [0.1, 0.15) is 31.1 Å². The van der Waals surface area contributed by atoms with Crippen molar-refractivity contribution in [1.82, 2.24) is 4.90 Å². The summed E-state index contributed by atoms with van der Waals surface area (Å²) in [5.74, 6) is -1.43. The number of amides is 2. The van der Waals surface area contributed by atoms with Gasteiger partial charge in [-0.2, -0.15) is 0 Å². The Bertz CT molecular complexity index is 947. The number of nitrogens with zero attached hydrogens (tertiary/aromatic N) is 1. The molecule has 8 heteroatoms. The van der Waals surface area contributed by atoms with Crippen LogP contribution in [0.25, 0.3) is 0 Å². The normalized spacial score (nSPS) is 14.3. The summed E-state index contributed by atoms with van der Waals surface area (Å²) >= 11 is 0. The Morgan fingerprint density at radius 2 is 1.63 bits per heavy atom. The van der Waals surface area contributed by atoms with Gasteiger partial charge in [0.05, 0.1) is 11.1 Å². The number of fused-ring (bicyclic) bond motifs is 2. The number of hydrogen-bond acceptors (Lipinski definition) is 7. The summed E-state index contributed by atoms with van der Waals surface area (Å²) in [6, 6.07) is 10.9. The van der Waals surface area contributed by atoms with E-state index in [0.717, 1.165) is 4.90 Å². The van der Waals surface area contributed by atoms with Crippen molar-refractivity contribution in [3.8, 4) is 11.5 Å². The zero-order chi connectivity index (χ0) is 19.0. The van der Waals surface area contributed by atoms with Crippen molar-refractivity contribution in [3.63, 3.8) is 0 Å². The molecule has 8 nitrogen and oxygen atoms in total. The van der Waals surface area contributed by atoms with E-state index < -0.39 is 36.7 Å². The van der Waals surface area contributed by atoms with Crippen molar-refractivity contribution in [3.05, 3.63) is 59.2 Å². The average molecular weight is 367 g/mol. The van der Waals surface area contributed by atoms with Crippen molar-refractivity contribution in [2.75, 3.05) is 19.9 Å². The highest BCUT2D eigenvalue weighted by Gasteiger charge is 2.36. The average Bonchev–Trinajstić information content (AvgIpc) is 3.25. The standard InChI is InChI=1S/C19H13NO7/c21-14(11-5-6-15-16(7-11)27-10-26-15)9-25-17(22)8-20-18(23)12-3-1-2-4-13(12)19(20)24/h1-7H,8-10H2. The molecule has 2 amide bonds. The summed E-state index contributed by atoms with van der Waals surface area (Å²) in [5, 5.41) is 0. The predicted octanol–water partition coefficient (Wildman–Crippen LogP) is 1.44. The Balaban J connectivity index is 1.36. The molecule has 0 spiro atoms. The van der Waals surface area contributed by atoms with Gasteiger partial charge in [-0.15, -0.1) is 0 Å². The molecule has 136 valence electrons. The molecule has 0 saturated heterocycles. The first kappa shape index (κ1) is 16.8. The minimum Gasteiger partial charge on any atom is -0.456 e. The molecule has 2 aliphatic rings. The van der Waals surface area contributed by atoms with Gasteiger partial charge in [0, 0.05) is 5.56 Å². The molecule has 2 aromatic rings. The van der Waals surface area contributed by atoms with Crippen LogP contribution in [-0.4, -0.2) is 48.4 Å². The van der Waals surface area contributed by atoms with Gasteiger partial charge in [0.15, 0.2) is 23.9 Å². The molecule has 0 atom stereocenters. The molecule has 0 aromatic heterocycles. The Labute approximate surface area is 153 Å². The lowest BCUT2D eigenvalue weighted by Gasteiger charge is -2.12. The molecular weight excluding hydrogens is 354 g/mol. The smallest absolute Gasteiger partial charge is 0.326 e. The highest BCUT2D eigenvalue weighted by molar-refractivity contribution is 6.22. The van der Waals surface area contributed by atoms with Crippen LogP contribution in [0.15, 0.2) is 42.5 Å². The van der Waals surface area contributed by atoms with Gasteiger partial charge >= 0.3 is 5.97 Å². The van der Waals surface area contributed by atoms with Gasteiger partial charge in [-0.25, -0.2) is 0 Å². The van der Waals surface area contributed by atoms with Crippen LogP contribution in [0.3, 0.4) is 0 Å². The molecule has 4 rings (SSSR count). The Morgan fingerprint density at radius 3 is 2.33 bits per heavy atom. The molecule has 0 fully saturated rings. The number of ether oxygens (including phenoxy) is 3. The summed E-state index contributed by atoms with van der Waals surface area (Å²) < 4.78 is 15.3. The Hall–Kier alpha value is -3.68. The maximum absolute atomic E-state index is 12.2. The summed E-state index contributed by atoms with van der Waals surface area (Å²) in [5.41, 5.74) is 0.784. The Kier molecular flexibility index (Phi) is 4.08. The van der Waals surface area contributed by atoms with E-state index in [1.165, 1.54) is 24.3 Å². The number of carbonyl (C=O) groups excluding carboxylic acids is 4. The summed E-state index contributed by atoms with van der Waals surface area (Å²) in [6.07, 6.45) is 0. The minimum absolute atomic E-state index is 0.0856. The lowest BCUT2D eigenvalue weighted by molar-refractivity contribution is -0.142. The third-order valence-electron chi connectivity index (χ3n) is 4.22. The number of carbonyl (C=O) groups is 4. The minimum atomic E-state index is -0.849. The molecule has 0 bridgehead atoms. The molecule has 0 N–H and O–H groups in total. The number of hydrogen-bond donors (Lipinski definition) is 0. The number of Topliss-reactive ketones (excluding diaryl/α,β-unsaturated/α-hetero) is 1. The lowest BCUT2D eigenvalue weighted by Crippen LogP contribution is -2.36. The molecule has 27 heavy (non-hydrogen) atoms. The van der Waals surface area contributed by atoms with Crippen molar-refractivity contribution in [2.24, 2.45) is 0 Å². The number of imide groups is 1. The van der Waals surface area contributed by atoms with Gasteiger partial charge in [0.1, 0.15) is 6.54 Å². The highest BCUT2D eigenvalue weighted by atomic mass is 16.7. The fourth-order valence-corrected chi connectivity index (χ4v) is 2.86. The molecule has 2 heterocycles. The van der Waals surface area contributed by atoms with Gasteiger partial charge in [-0.1, -0.05) is 12.1 Å². The fourth-order valence-electron chi connectivity index (χ4n) is 2.86. The molecule has 0 radical (unpaired) electrons. The summed E-state index contributed by atoms with van der Waals surface area (Å²) in [7, 11) is 0. The first-order valence-electron chi connectivity index (χ1n) is 8.08. The monoisotopic (exact) mass is 367 g/mol. The van der Waals surface area contributed by atoms with Gasteiger partial charge in [0.25, 0.3) is 11.8 Å². The summed E-state index contributed by atoms with van der Waals surface area (Å²) in [4.78, 5) is 49.4. The van der Waals surface area contributed by atoms with E-state index in [-0.39, 0.29) is 17.9 Å². The van der Waals surface area contributed by atoms with Crippen molar-refractivity contribution < 1.29 is 33.4 Å². The van der Waals surface area contributed by atoms with Gasteiger partial charge < -0.3 is 14.2 Å².